The molecule has 1 atom stereocenters. The Labute approximate surface area is 120 Å². The van der Waals surface area contributed by atoms with E-state index in [-0.39, 0.29) is 11.5 Å². The summed E-state index contributed by atoms with van der Waals surface area (Å²) in [5.41, 5.74) is 1.58. The standard InChI is InChI=1S/C15H15F2NOS/c1-9(8-19)13-10(2)18-14(20-13)11-4-6-12(7-5-11)15(3,16)17/h4-9H,1-3H3. The summed E-state index contributed by atoms with van der Waals surface area (Å²) in [6.45, 7) is 4.54. The van der Waals surface area contributed by atoms with Crippen LogP contribution in [0.15, 0.2) is 24.3 Å². The molecule has 106 valence electrons. The van der Waals surface area contributed by atoms with Crippen molar-refractivity contribution in [1.82, 2.24) is 4.98 Å². The van der Waals surface area contributed by atoms with Gasteiger partial charge >= 0.3 is 0 Å². The van der Waals surface area contributed by atoms with Gasteiger partial charge in [-0.15, -0.1) is 11.3 Å². The molecule has 0 radical (unpaired) electrons. The fraction of sp³-hybridized carbons (Fsp3) is 0.333. The highest BCUT2D eigenvalue weighted by Crippen LogP contribution is 2.33. The molecular weight excluding hydrogens is 280 g/mol. The fourth-order valence-electron chi connectivity index (χ4n) is 1.92. The number of carbonyl (C=O) groups excluding carboxylic acids is 1. The molecule has 0 aliphatic heterocycles. The van der Waals surface area contributed by atoms with Gasteiger partial charge in [-0.3, -0.25) is 0 Å². The van der Waals surface area contributed by atoms with E-state index in [0.29, 0.717) is 0 Å². The van der Waals surface area contributed by atoms with Gasteiger partial charge in [0, 0.05) is 28.8 Å². The van der Waals surface area contributed by atoms with Crippen LogP contribution in [0.25, 0.3) is 10.6 Å². The van der Waals surface area contributed by atoms with Crippen molar-refractivity contribution in [1.29, 1.82) is 0 Å². The number of aromatic nitrogens is 1. The SMILES string of the molecule is Cc1nc(-c2ccc(C(C)(F)F)cc2)sc1C(C)C=O. The van der Waals surface area contributed by atoms with E-state index in [0.717, 1.165) is 34.4 Å². The quantitative estimate of drug-likeness (QED) is 0.775. The second-order valence-corrected chi connectivity index (χ2v) is 5.89. The molecule has 0 saturated carbocycles. The van der Waals surface area contributed by atoms with Crippen molar-refractivity contribution >= 4 is 17.6 Å². The maximum absolute atomic E-state index is 13.2. The highest BCUT2D eigenvalue weighted by molar-refractivity contribution is 7.15. The molecule has 1 aromatic carbocycles. The maximum atomic E-state index is 13.2. The second-order valence-electron chi connectivity index (χ2n) is 4.86. The number of halogens is 2. The Bertz CT molecular complexity index is 614. The highest BCUT2D eigenvalue weighted by Gasteiger charge is 2.24. The Morgan fingerprint density at radius 3 is 2.40 bits per heavy atom. The summed E-state index contributed by atoms with van der Waals surface area (Å²) in [5, 5.41) is 0.747. The van der Waals surface area contributed by atoms with Gasteiger partial charge in [0.15, 0.2) is 0 Å². The van der Waals surface area contributed by atoms with Crippen LogP contribution in [0.1, 0.15) is 35.9 Å². The minimum absolute atomic E-state index is 0.0176. The third kappa shape index (κ3) is 2.93. The number of hydrogen-bond acceptors (Lipinski definition) is 3. The van der Waals surface area contributed by atoms with Crippen LogP contribution in [0.4, 0.5) is 8.78 Å². The van der Waals surface area contributed by atoms with E-state index in [1.807, 2.05) is 13.8 Å². The smallest absolute Gasteiger partial charge is 0.270 e. The summed E-state index contributed by atoms with van der Waals surface area (Å²) in [4.78, 5) is 16.2. The lowest BCUT2D eigenvalue weighted by atomic mass is 10.1. The van der Waals surface area contributed by atoms with Crippen molar-refractivity contribution in [3.63, 3.8) is 0 Å². The Hall–Kier alpha value is -1.62. The fourth-order valence-corrected chi connectivity index (χ4v) is 3.00. The van der Waals surface area contributed by atoms with E-state index in [9.17, 15) is 13.6 Å². The number of nitrogens with zero attached hydrogens (tertiary/aromatic N) is 1. The average Bonchev–Trinajstić information content (AvgIpc) is 2.79. The van der Waals surface area contributed by atoms with Crippen LogP contribution in [-0.4, -0.2) is 11.3 Å². The van der Waals surface area contributed by atoms with Gasteiger partial charge in [0.2, 0.25) is 0 Å². The molecule has 1 heterocycles. The minimum Gasteiger partial charge on any atom is -0.303 e. The molecule has 1 unspecified atom stereocenters. The van der Waals surface area contributed by atoms with Gasteiger partial charge in [-0.25, -0.2) is 13.8 Å². The average molecular weight is 295 g/mol. The number of thiazole rings is 1. The van der Waals surface area contributed by atoms with Crippen LogP contribution >= 0.6 is 11.3 Å². The molecule has 0 fully saturated rings. The van der Waals surface area contributed by atoms with Crippen molar-refractivity contribution in [2.24, 2.45) is 0 Å². The lowest BCUT2D eigenvalue weighted by molar-refractivity contribution is -0.108. The number of carbonyl (C=O) groups is 1. The summed E-state index contributed by atoms with van der Waals surface area (Å²) in [7, 11) is 0. The van der Waals surface area contributed by atoms with Crippen molar-refractivity contribution in [3.05, 3.63) is 40.4 Å². The lowest BCUT2D eigenvalue weighted by Crippen LogP contribution is -2.06. The molecule has 0 N–H and O–H groups in total. The lowest BCUT2D eigenvalue weighted by Gasteiger charge is -2.10. The molecule has 0 saturated heterocycles. The Morgan fingerprint density at radius 2 is 1.90 bits per heavy atom. The minimum atomic E-state index is -2.84. The molecule has 0 aliphatic carbocycles. The first-order chi connectivity index (χ1) is 9.32. The van der Waals surface area contributed by atoms with E-state index in [1.54, 1.807) is 12.1 Å². The zero-order valence-corrected chi connectivity index (χ0v) is 12.3. The number of rotatable bonds is 4. The first-order valence-corrected chi connectivity index (χ1v) is 7.06. The van der Waals surface area contributed by atoms with Gasteiger partial charge < -0.3 is 4.79 Å². The molecule has 2 nitrogen and oxygen atoms in total. The van der Waals surface area contributed by atoms with Gasteiger partial charge in [-0.2, -0.15) is 0 Å². The van der Waals surface area contributed by atoms with E-state index < -0.39 is 5.92 Å². The van der Waals surface area contributed by atoms with E-state index in [1.165, 1.54) is 23.5 Å². The predicted molar refractivity (Wildman–Crippen MR) is 76.3 cm³/mol. The second kappa shape index (κ2) is 5.40. The molecule has 2 rings (SSSR count). The zero-order chi connectivity index (χ0) is 14.9. The molecular formula is C15H15F2NOS. The number of aldehydes is 1. The van der Waals surface area contributed by atoms with Gasteiger partial charge in [0.1, 0.15) is 11.3 Å². The third-order valence-corrected chi connectivity index (χ3v) is 4.50. The normalized spacial score (nSPS) is 13.2. The molecule has 0 amide bonds. The maximum Gasteiger partial charge on any atom is 0.270 e. The zero-order valence-electron chi connectivity index (χ0n) is 11.5. The van der Waals surface area contributed by atoms with Gasteiger partial charge in [-0.1, -0.05) is 31.2 Å². The number of alkyl halides is 2. The third-order valence-electron chi connectivity index (χ3n) is 3.09. The molecule has 0 spiro atoms. The number of benzene rings is 1. The van der Waals surface area contributed by atoms with E-state index in [4.69, 9.17) is 0 Å². The van der Waals surface area contributed by atoms with Crippen LogP contribution in [0.2, 0.25) is 0 Å². The topological polar surface area (TPSA) is 30.0 Å². The van der Waals surface area contributed by atoms with E-state index >= 15 is 0 Å². The van der Waals surface area contributed by atoms with Crippen LogP contribution in [0.5, 0.6) is 0 Å². The Kier molecular flexibility index (Phi) is 3.99. The largest absolute Gasteiger partial charge is 0.303 e. The number of hydrogen-bond donors (Lipinski definition) is 0. The van der Waals surface area contributed by atoms with Crippen molar-refractivity contribution in [2.45, 2.75) is 32.6 Å². The summed E-state index contributed by atoms with van der Waals surface area (Å²) < 4.78 is 26.3. The summed E-state index contributed by atoms with van der Waals surface area (Å²) in [6, 6.07) is 6.10. The molecule has 0 bridgehead atoms. The molecule has 2 aromatic rings. The molecule has 20 heavy (non-hydrogen) atoms. The molecule has 5 heteroatoms. The van der Waals surface area contributed by atoms with Crippen molar-refractivity contribution in [2.75, 3.05) is 0 Å². The highest BCUT2D eigenvalue weighted by atomic mass is 32.1. The van der Waals surface area contributed by atoms with Crippen molar-refractivity contribution in [3.8, 4) is 10.6 Å². The van der Waals surface area contributed by atoms with Crippen molar-refractivity contribution < 1.29 is 13.6 Å². The van der Waals surface area contributed by atoms with Crippen LogP contribution < -0.4 is 0 Å². The molecule has 0 aliphatic rings. The summed E-state index contributed by atoms with van der Waals surface area (Å²) in [6.07, 6.45) is 0.880. The first kappa shape index (κ1) is 14.8. The number of aryl methyl sites for hydroxylation is 1. The summed E-state index contributed by atoms with van der Waals surface area (Å²) in [5.74, 6) is -3.03. The van der Waals surface area contributed by atoms with Crippen LogP contribution in [0, 0.1) is 6.92 Å². The van der Waals surface area contributed by atoms with Gasteiger partial charge in [0.05, 0.1) is 5.69 Å². The Morgan fingerprint density at radius 1 is 1.30 bits per heavy atom. The Balaban J connectivity index is 2.35. The van der Waals surface area contributed by atoms with Gasteiger partial charge in [-0.05, 0) is 6.92 Å². The predicted octanol–water partition coefficient (Wildman–Crippen LogP) is 4.53. The van der Waals surface area contributed by atoms with Gasteiger partial charge in [0.25, 0.3) is 5.92 Å². The van der Waals surface area contributed by atoms with Crippen LogP contribution in [-0.2, 0) is 10.7 Å². The first-order valence-electron chi connectivity index (χ1n) is 6.24. The monoisotopic (exact) mass is 295 g/mol. The molecule has 1 aromatic heterocycles. The van der Waals surface area contributed by atoms with E-state index in [2.05, 4.69) is 4.98 Å². The van der Waals surface area contributed by atoms with Crippen LogP contribution in [0.3, 0.4) is 0 Å². The summed E-state index contributed by atoms with van der Waals surface area (Å²) >= 11 is 1.43.